The molecule has 0 saturated heterocycles. The Hall–Kier alpha value is -2.48. The van der Waals surface area contributed by atoms with Crippen LogP contribution in [-0.4, -0.2) is 9.97 Å². The van der Waals surface area contributed by atoms with Gasteiger partial charge in [0.2, 0.25) is 0 Å². The molecule has 0 bridgehead atoms. The fourth-order valence-electron chi connectivity index (χ4n) is 2.06. The molecule has 0 aliphatic carbocycles. The van der Waals surface area contributed by atoms with Crippen molar-refractivity contribution in [2.75, 3.05) is 0 Å². The predicted molar refractivity (Wildman–Crippen MR) is 76.7 cm³/mol. The molecule has 0 amide bonds. The molecule has 19 heavy (non-hydrogen) atoms. The molecule has 0 radical (unpaired) electrons. The molecule has 2 heteroatoms. The van der Waals surface area contributed by atoms with Gasteiger partial charge in [0.15, 0.2) is 0 Å². The van der Waals surface area contributed by atoms with Crippen LogP contribution in [0.3, 0.4) is 0 Å². The van der Waals surface area contributed by atoms with Crippen molar-refractivity contribution >= 4 is 0 Å². The fourth-order valence-corrected chi connectivity index (χ4v) is 2.06. The van der Waals surface area contributed by atoms with E-state index in [4.69, 9.17) is 4.98 Å². The molecule has 0 fully saturated rings. The third-order valence-corrected chi connectivity index (χ3v) is 2.99. The van der Waals surface area contributed by atoms with Gasteiger partial charge in [0.05, 0.1) is 5.69 Å². The topological polar surface area (TPSA) is 25.8 Å². The Bertz CT molecular complexity index is 648. The summed E-state index contributed by atoms with van der Waals surface area (Å²) in [5.74, 6) is 0. The summed E-state index contributed by atoms with van der Waals surface area (Å²) in [6.45, 7) is 0. The van der Waals surface area contributed by atoms with Crippen LogP contribution >= 0.6 is 0 Å². The van der Waals surface area contributed by atoms with Crippen LogP contribution in [0.1, 0.15) is 11.3 Å². The fraction of sp³-hybridized carbons (Fsp3) is 0.0588. The van der Waals surface area contributed by atoms with E-state index in [0.29, 0.717) is 0 Å². The molecule has 2 heterocycles. The molecule has 2 nitrogen and oxygen atoms in total. The summed E-state index contributed by atoms with van der Waals surface area (Å²) in [6, 6.07) is 20.5. The SMILES string of the molecule is c1ccc(Cc2cccc(-c3cccnc3)n2)cc1. The maximum Gasteiger partial charge on any atom is 0.0720 e. The molecule has 3 rings (SSSR count). The first-order valence-corrected chi connectivity index (χ1v) is 6.32. The van der Waals surface area contributed by atoms with Gasteiger partial charge in [-0.15, -0.1) is 0 Å². The quantitative estimate of drug-likeness (QED) is 0.703. The van der Waals surface area contributed by atoms with E-state index < -0.39 is 0 Å². The van der Waals surface area contributed by atoms with Crippen LogP contribution in [0.4, 0.5) is 0 Å². The third-order valence-electron chi connectivity index (χ3n) is 2.99. The van der Waals surface area contributed by atoms with Crippen molar-refractivity contribution in [3.63, 3.8) is 0 Å². The minimum absolute atomic E-state index is 0.856. The van der Waals surface area contributed by atoms with Gasteiger partial charge < -0.3 is 0 Å². The zero-order valence-electron chi connectivity index (χ0n) is 10.5. The van der Waals surface area contributed by atoms with E-state index >= 15 is 0 Å². The standard InChI is InChI=1S/C17H14N2/c1-2-6-14(7-3-1)12-16-9-4-10-17(19-16)15-8-5-11-18-13-15/h1-11,13H,12H2. The van der Waals surface area contributed by atoms with E-state index in [1.165, 1.54) is 5.56 Å². The monoisotopic (exact) mass is 246 g/mol. The number of pyridine rings is 2. The molecule has 0 aliphatic rings. The number of hydrogen-bond donors (Lipinski definition) is 0. The van der Waals surface area contributed by atoms with E-state index in [9.17, 15) is 0 Å². The number of hydrogen-bond acceptors (Lipinski definition) is 2. The molecule has 0 saturated carbocycles. The molecule has 0 atom stereocenters. The lowest BCUT2D eigenvalue weighted by Crippen LogP contribution is -1.94. The van der Waals surface area contributed by atoms with Crippen LogP contribution in [0.2, 0.25) is 0 Å². The summed E-state index contributed by atoms with van der Waals surface area (Å²) in [7, 11) is 0. The van der Waals surface area contributed by atoms with Crippen LogP contribution < -0.4 is 0 Å². The Balaban J connectivity index is 1.89. The van der Waals surface area contributed by atoms with Gasteiger partial charge in [0.25, 0.3) is 0 Å². The lowest BCUT2D eigenvalue weighted by atomic mass is 10.1. The Morgan fingerprint density at radius 1 is 0.789 bits per heavy atom. The van der Waals surface area contributed by atoms with E-state index in [2.05, 4.69) is 35.3 Å². The highest BCUT2D eigenvalue weighted by atomic mass is 14.7. The van der Waals surface area contributed by atoms with Crippen molar-refractivity contribution in [3.05, 3.63) is 84.3 Å². The maximum atomic E-state index is 4.70. The molecule has 3 aromatic rings. The van der Waals surface area contributed by atoms with Crippen molar-refractivity contribution < 1.29 is 0 Å². The minimum Gasteiger partial charge on any atom is -0.264 e. The molecular weight excluding hydrogens is 232 g/mol. The van der Waals surface area contributed by atoms with Gasteiger partial charge in [-0.25, -0.2) is 0 Å². The molecule has 92 valence electrons. The third kappa shape index (κ3) is 2.86. The Morgan fingerprint density at radius 3 is 2.47 bits per heavy atom. The van der Waals surface area contributed by atoms with Crippen LogP contribution in [-0.2, 0) is 6.42 Å². The van der Waals surface area contributed by atoms with Gasteiger partial charge in [0, 0.05) is 30.1 Å². The van der Waals surface area contributed by atoms with Gasteiger partial charge in [0.1, 0.15) is 0 Å². The first kappa shape index (κ1) is 11.6. The van der Waals surface area contributed by atoms with Crippen LogP contribution in [0.25, 0.3) is 11.3 Å². The van der Waals surface area contributed by atoms with Crippen molar-refractivity contribution in [3.8, 4) is 11.3 Å². The number of nitrogens with zero attached hydrogens (tertiary/aromatic N) is 2. The Kier molecular flexibility index (Phi) is 3.32. The number of benzene rings is 1. The van der Waals surface area contributed by atoms with Crippen molar-refractivity contribution in [1.82, 2.24) is 9.97 Å². The largest absolute Gasteiger partial charge is 0.264 e. The van der Waals surface area contributed by atoms with Gasteiger partial charge in [-0.05, 0) is 29.8 Å². The molecular formula is C17H14N2. The van der Waals surface area contributed by atoms with Crippen LogP contribution in [0.5, 0.6) is 0 Å². The van der Waals surface area contributed by atoms with Crippen molar-refractivity contribution in [1.29, 1.82) is 0 Å². The lowest BCUT2D eigenvalue weighted by molar-refractivity contribution is 1.08. The van der Waals surface area contributed by atoms with Gasteiger partial charge in [-0.1, -0.05) is 36.4 Å². The maximum absolute atomic E-state index is 4.70. The zero-order valence-corrected chi connectivity index (χ0v) is 10.5. The zero-order chi connectivity index (χ0) is 12.9. The highest BCUT2D eigenvalue weighted by Crippen LogP contribution is 2.16. The number of aromatic nitrogens is 2. The number of rotatable bonds is 3. The van der Waals surface area contributed by atoms with Crippen molar-refractivity contribution in [2.24, 2.45) is 0 Å². The molecule has 0 N–H and O–H groups in total. The molecule has 2 aromatic heterocycles. The molecule has 0 unspecified atom stereocenters. The average Bonchev–Trinajstić information content (AvgIpc) is 2.49. The van der Waals surface area contributed by atoms with Crippen LogP contribution in [0.15, 0.2) is 73.1 Å². The van der Waals surface area contributed by atoms with E-state index in [1.54, 1.807) is 6.20 Å². The first-order valence-electron chi connectivity index (χ1n) is 6.32. The van der Waals surface area contributed by atoms with Crippen molar-refractivity contribution in [2.45, 2.75) is 6.42 Å². The van der Waals surface area contributed by atoms with E-state index in [-0.39, 0.29) is 0 Å². The Labute approximate surface area is 112 Å². The summed E-state index contributed by atoms with van der Waals surface area (Å²) < 4.78 is 0. The molecule has 1 aromatic carbocycles. The van der Waals surface area contributed by atoms with Gasteiger partial charge in [-0.2, -0.15) is 0 Å². The summed E-state index contributed by atoms with van der Waals surface area (Å²) in [5.41, 5.74) is 4.38. The summed E-state index contributed by atoms with van der Waals surface area (Å²) >= 11 is 0. The van der Waals surface area contributed by atoms with Gasteiger partial charge in [-0.3, -0.25) is 9.97 Å². The predicted octanol–water partition coefficient (Wildman–Crippen LogP) is 3.73. The summed E-state index contributed by atoms with van der Waals surface area (Å²) in [4.78, 5) is 8.83. The normalized spacial score (nSPS) is 10.3. The second-order valence-corrected chi connectivity index (χ2v) is 4.42. The smallest absolute Gasteiger partial charge is 0.0720 e. The molecule has 0 aliphatic heterocycles. The minimum atomic E-state index is 0.856. The van der Waals surface area contributed by atoms with Crippen LogP contribution in [0, 0.1) is 0 Å². The van der Waals surface area contributed by atoms with E-state index in [0.717, 1.165) is 23.4 Å². The second-order valence-electron chi connectivity index (χ2n) is 4.42. The first-order chi connectivity index (χ1) is 9.42. The lowest BCUT2D eigenvalue weighted by Gasteiger charge is -2.04. The summed E-state index contributed by atoms with van der Waals surface area (Å²) in [6.07, 6.45) is 4.47. The highest BCUT2D eigenvalue weighted by molar-refractivity contribution is 5.57. The Morgan fingerprint density at radius 2 is 1.68 bits per heavy atom. The van der Waals surface area contributed by atoms with E-state index in [1.807, 2.05) is 36.5 Å². The van der Waals surface area contributed by atoms with Gasteiger partial charge >= 0.3 is 0 Å². The molecule has 0 spiro atoms. The second kappa shape index (κ2) is 5.44. The highest BCUT2D eigenvalue weighted by Gasteiger charge is 2.01. The summed E-state index contributed by atoms with van der Waals surface area (Å²) in [5, 5.41) is 0. The average molecular weight is 246 g/mol.